The zero-order valence-corrected chi connectivity index (χ0v) is 18.2. The van der Waals surface area contributed by atoms with Gasteiger partial charge in [0.2, 0.25) is 15.3 Å². The summed E-state index contributed by atoms with van der Waals surface area (Å²) in [6.45, 7) is 22.5. The highest BCUT2D eigenvalue weighted by Gasteiger charge is 2.26. The molecule has 0 aromatic heterocycles. The van der Waals surface area contributed by atoms with Crippen LogP contribution >= 0.6 is 0 Å². The van der Waals surface area contributed by atoms with E-state index in [1.54, 1.807) is 6.92 Å². The number of hydrogen-bond acceptors (Lipinski definition) is 3. The molecule has 1 aromatic carbocycles. The largest absolute Gasteiger partial charge is 0.429 e. The summed E-state index contributed by atoms with van der Waals surface area (Å²) >= 11 is 0. The molecule has 0 heterocycles. The van der Waals surface area contributed by atoms with Crippen molar-refractivity contribution in [1.82, 2.24) is 0 Å². The summed E-state index contributed by atoms with van der Waals surface area (Å²) in [6, 6.07) is 6.43. The summed E-state index contributed by atoms with van der Waals surface area (Å²) in [4.78, 5) is 12.1. The molecule has 0 aliphatic carbocycles. The van der Waals surface area contributed by atoms with Crippen LogP contribution in [0.1, 0.15) is 71.4 Å². The van der Waals surface area contributed by atoms with E-state index in [1.807, 2.05) is 13.1 Å². The summed E-state index contributed by atoms with van der Waals surface area (Å²) in [6.07, 6.45) is -0.698. The van der Waals surface area contributed by atoms with Crippen LogP contribution in [0.2, 0.25) is 13.1 Å². The molecule has 1 rings (SSSR count). The molecule has 1 radical (unpaired) electrons. The molecule has 25 heavy (non-hydrogen) atoms. The third-order valence-electron chi connectivity index (χ3n) is 3.86. The summed E-state index contributed by atoms with van der Waals surface area (Å²) < 4.78 is 11.6. The molecule has 0 bridgehead atoms. The predicted octanol–water partition coefficient (Wildman–Crippen LogP) is 5.67. The molecule has 0 fully saturated rings. The van der Waals surface area contributed by atoms with Gasteiger partial charge in [0.1, 0.15) is 0 Å². The zero-order valence-electron chi connectivity index (χ0n) is 17.2. The zero-order chi connectivity index (χ0) is 19.6. The van der Waals surface area contributed by atoms with Gasteiger partial charge in [-0.15, -0.1) is 0 Å². The number of rotatable bonds is 5. The lowest BCUT2D eigenvalue weighted by atomic mass is 9.79. The third kappa shape index (κ3) is 6.44. The van der Waals surface area contributed by atoms with Crippen LogP contribution in [0.15, 0.2) is 30.4 Å². The summed E-state index contributed by atoms with van der Waals surface area (Å²) in [5.74, 6) is -0.424. The van der Waals surface area contributed by atoms with Crippen molar-refractivity contribution in [1.29, 1.82) is 0 Å². The fourth-order valence-corrected chi connectivity index (χ4v) is 2.84. The van der Waals surface area contributed by atoms with Gasteiger partial charge >= 0.3 is 5.97 Å². The van der Waals surface area contributed by atoms with Gasteiger partial charge in [0, 0.05) is 11.1 Å². The molecule has 0 aliphatic heterocycles. The number of carbonyl (C=O) groups excluding carboxylic acids is 1. The standard InChI is InChI=1S/C21H33O3Si/c1-14(2)18(22)23-19(24-25(9)10)15-11-16(20(3,4)5)13-17(12-15)21(6,7)8/h11-13,19H,1H2,2-10H3. The number of esters is 1. The van der Waals surface area contributed by atoms with Crippen LogP contribution in [-0.4, -0.2) is 15.0 Å². The smallest absolute Gasteiger partial charge is 0.335 e. The maximum atomic E-state index is 12.1. The van der Waals surface area contributed by atoms with Crippen molar-refractivity contribution >= 4 is 15.0 Å². The fourth-order valence-electron chi connectivity index (χ4n) is 2.23. The first-order valence-corrected chi connectivity index (χ1v) is 11.1. The van der Waals surface area contributed by atoms with Crippen molar-refractivity contribution in [2.24, 2.45) is 0 Å². The molecule has 0 spiro atoms. The molecule has 0 aliphatic rings. The second kappa shape index (κ2) is 7.88. The minimum atomic E-state index is -1.05. The van der Waals surface area contributed by atoms with Crippen molar-refractivity contribution in [2.75, 3.05) is 0 Å². The van der Waals surface area contributed by atoms with Gasteiger partial charge < -0.3 is 9.16 Å². The Labute approximate surface area is 155 Å². The van der Waals surface area contributed by atoms with Crippen molar-refractivity contribution in [2.45, 2.75) is 78.7 Å². The maximum Gasteiger partial charge on any atom is 0.335 e. The topological polar surface area (TPSA) is 35.5 Å². The lowest BCUT2D eigenvalue weighted by molar-refractivity contribution is -0.160. The Balaban J connectivity index is 3.45. The van der Waals surface area contributed by atoms with Gasteiger partial charge in [0.15, 0.2) is 0 Å². The summed E-state index contributed by atoms with van der Waals surface area (Å²) in [5, 5.41) is 0. The molecular weight excluding hydrogens is 328 g/mol. The van der Waals surface area contributed by atoms with E-state index in [9.17, 15) is 4.79 Å². The van der Waals surface area contributed by atoms with Gasteiger partial charge in [-0.05, 0) is 54.1 Å². The van der Waals surface area contributed by atoms with Gasteiger partial charge in [-0.3, -0.25) is 0 Å². The summed E-state index contributed by atoms with van der Waals surface area (Å²) in [7, 11) is -1.05. The average molecular weight is 362 g/mol. The van der Waals surface area contributed by atoms with Gasteiger partial charge in [0.25, 0.3) is 0 Å². The number of carbonyl (C=O) groups is 1. The molecule has 0 saturated heterocycles. The Morgan fingerprint density at radius 1 is 1.00 bits per heavy atom. The second-order valence-corrected chi connectivity index (χ2v) is 10.9. The van der Waals surface area contributed by atoms with E-state index < -0.39 is 21.3 Å². The second-order valence-electron chi connectivity index (χ2n) is 8.89. The maximum absolute atomic E-state index is 12.1. The van der Waals surface area contributed by atoms with Crippen LogP contribution in [-0.2, 0) is 24.8 Å². The number of hydrogen-bond donors (Lipinski definition) is 0. The normalized spacial score (nSPS) is 13.7. The first-order chi connectivity index (χ1) is 11.2. The molecule has 1 aromatic rings. The minimum Gasteiger partial charge on any atom is -0.429 e. The molecule has 3 nitrogen and oxygen atoms in total. The first-order valence-electron chi connectivity index (χ1n) is 8.71. The van der Waals surface area contributed by atoms with Gasteiger partial charge in [-0.2, -0.15) is 0 Å². The Kier molecular flexibility index (Phi) is 6.82. The quantitative estimate of drug-likeness (QED) is 0.293. The van der Waals surface area contributed by atoms with Crippen molar-refractivity contribution in [3.05, 3.63) is 47.0 Å². The molecule has 139 valence electrons. The highest BCUT2D eigenvalue weighted by Crippen LogP contribution is 2.33. The lowest BCUT2D eigenvalue weighted by Gasteiger charge is -2.28. The van der Waals surface area contributed by atoms with E-state index in [0.717, 1.165) is 5.56 Å². The molecule has 1 unspecified atom stereocenters. The monoisotopic (exact) mass is 361 g/mol. The van der Waals surface area contributed by atoms with Crippen molar-refractivity contribution in [3.8, 4) is 0 Å². The van der Waals surface area contributed by atoms with Crippen LogP contribution < -0.4 is 0 Å². The van der Waals surface area contributed by atoms with Crippen LogP contribution in [0.5, 0.6) is 0 Å². The predicted molar refractivity (Wildman–Crippen MR) is 106 cm³/mol. The van der Waals surface area contributed by atoms with Crippen molar-refractivity contribution in [3.63, 3.8) is 0 Å². The molecule has 0 saturated carbocycles. The van der Waals surface area contributed by atoms with E-state index >= 15 is 0 Å². The van der Waals surface area contributed by atoms with E-state index in [4.69, 9.17) is 9.16 Å². The van der Waals surface area contributed by atoms with Gasteiger partial charge in [-0.1, -0.05) is 54.2 Å². The van der Waals surface area contributed by atoms with Crippen LogP contribution in [0.3, 0.4) is 0 Å². The van der Waals surface area contributed by atoms with E-state index in [1.165, 1.54) is 11.1 Å². The van der Waals surface area contributed by atoms with Crippen LogP contribution in [0.25, 0.3) is 0 Å². The van der Waals surface area contributed by atoms with E-state index in [-0.39, 0.29) is 10.8 Å². The first kappa shape index (κ1) is 21.6. The molecule has 1 atom stereocenters. The highest BCUT2D eigenvalue weighted by molar-refractivity contribution is 6.48. The van der Waals surface area contributed by atoms with Gasteiger partial charge in [-0.25, -0.2) is 4.79 Å². The van der Waals surface area contributed by atoms with Gasteiger partial charge in [0.05, 0.1) is 0 Å². The van der Waals surface area contributed by atoms with Crippen LogP contribution in [0.4, 0.5) is 0 Å². The molecular formula is C21H33O3Si. The Morgan fingerprint density at radius 2 is 1.44 bits per heavy atom. The molecule has 4 heteroatoms. The Hall–Kier alpha value is -1.39. The number of benzene rings is 1. The molecule has 0 N–H and O–H groups in total. The fraction of sp³-hybridized carbons (Fsp3) is 0.571. The van der Waals surface area contributed by atoms with Crippen molar-refractivity contribution < 1.29 is 14.0 Å². The lowest BCUT2D eigenvalue weighted by Crippen LogP contribution is -2.23. The van der Waals surface area contributed by atoms with E-state index in [2.05, 4.69) is 66.3 Å². The Morgan fingerprint density at radius 3 is 1.76 bits per heavy atom. The molecule has 0 amide bonds. The highest BCUT2D eigenvalue weighted by atomic mass is 28.3. The van der Waals surface area contributed by atoms with E-state index in [0.29, 0.717) is 5.57 Å². The SMILES string of the molecule is C=C(C)C(=O)OC(O[Si](C)C)c1cc(C(C)(C)C)cc(C(C)(C)C)c1. The number of ether oxygens (including phenoxy) is 1. The minimum absolute atomic E-state index is 0.00880. The van der Waals surface area contributed by atoms with Crippen LogP contribution in [0, 0.1) is 0 Å². The average Bonchev–Trinajstić information content (AvgIpc) is 2.43. The Bertz CT molecular complexity index is 601. The summed E-state index contributed by atoms with van der Waals surface area (Å²) in [5.41, 5.74) is 3.65. The third-order valence-corrected chi connectivity index (χ3v) is 4.55.